The topological polar surface area (TPSA) is 46.2 Å². The Kier molecular flexibility index (Phi) is 3.70. The van der Waals surface area contributed by atoms with Gasteiger partial charge in [-0.25, -0.2) is 4.39 Å². The largest absolute Gasteiger partial charge is 0.376 e. The molecule has 2 aliphatic rings. The monoisotopic (exact) mass is 250 g/mol. The highest BCUT2D eigenvalue weighted by Gasteiger charge is 2.52. The van der Waals surface area contributed by atoms with Gasteiger partial charge < -0.3 is 23.7 Å². The molecule has 6 heteroatoms. The van der Waals surface area contributed by atoms with E-state index in [9.17, 15) is 4.39 Å². The second kappa shape index (κ2) is 4.78. The SMILES string of the molecule is COC1C(OC)[C@@H](F)O[C@@H]1C1COC(C)(C)O1. The molecule has 3 unspecified atom stereocenters. The molecular formula is C11H19FO5. The summed E-state index contributed by atoms with van der Waals surface area (Å²) in [4.78, 5) is 0. The van der Waals surface area contributed by atoms with Gasteiger partial charge in [-0.05, 0) is 13.8 Å². The van der Waals surface area contributed by atoms with Gasteiger partial charge in [0, 0.05) is 14.2 Å². The summed E-state index contributed by atoms with van der Waals surface area (Å²) in [7, 11) is 2.94. The van der Waals surface area contributed by atoms with Gasteiger partial charge in [-0.15, -0.1) is 0 Å². The smallest absolute Gasteiger partial charge is 0.228 e. The molecule has 17 heavy (non-hydrogen) atoms. The third-order valence-electron chi connectivity index (χ3n) is 3.13. The van der Waals surface area contributed by atoms with Crippen molar-refractivity contribution in [2.24, 2.45) is 0 Å². The summed E-state index contributed by atoms with van der Waals surface area (Å²) in [5.41, 5.74) is 0. The molecule has 5 atom stereocenters. The average molecular weight is 250 g/mol. The molecule has 100 valence electrons. The van der Waals surface area contributed by atoms with Crippen molar-refractivity contribution in [3.63, 3.8) is 0 Å². The van der Waals surface area contributed by atoms with Gasteiger partial charge in [0.1, 0.15) is 24.4 Å². The van der Waals surface area contributed by atoms with Crippen molar-refractivity contribution < 1.29 is 28.1 Å². The number of halogens is 1. The highest BCUT2D eigenvalue weighted by molar-refractivity contribution is 4.95. The first-order chi connectivity index (χ1) is 7.98. The Morgan fingerprint density at radius 1 is 1.18 bits per heavy atom. The van der Waals surface area contributed by atoms with Crippen LogP contribution < -0.4 is 0 Å². The number of rotatable bonds is 3. The van der Waals surface area contributed by atoms with E-state index in [1.165, 1.54) is 14.2 Å². The lowest BCUT2D eigenvalue weighted by Gasteiger charge is -2.24. The Labute approximate surface area is 100 Å². The molecular weight excluding hydrogens is 231 g/mol. The highest BCUT2D eigenvalue weighted by Crippen LogP contribution is 2.34. The van der Waals surface area contributed by atoms with Crippen LogP contribution in [0.3, 0.4) is 0 Å². The van der Waals surface area contributed by atoms with Gasteiger partial charge in [0.05, 0.1) is 6.61 Å². The summed E-state index contributed by atoms with van der Waals surface area (Å²) in [5, 5.41) is 0. The number of alkyl halides is 1. The van der Waals surface area contributed by atoms with Gasteiger partial charge in [0.15, 0.2) is 5.79 Å². The van der Waals surface area contributed by atoms with Crippen LogP contribution in [-0.2, 0) is 23.7 Å². The zero-order valence-corrected chi connectivity index (χ0v) is 10.5. The van der Waals surface area contributed by atoms with Gasteiger partial charge in [-0.3, -0.25) is 0 Å². The Hall–Kier alpha value is -0.270. The minimum atomic E-state index is -1.50. The number of hydrogen-bond donors (Lipinski definition) is 0. The second-order valence-corrected chi connectivity index (χ2v) is 4.72. The van der Waals surface area contributed by atoms with Gasteiger partial charge >= 0.3 is 0 Å². The van der Waals surface area contributed by atoms with Crippen molar-refractivity contribution in [3.8, 4) is 0 Å². The molecule has 0 radical (unpaired) electrons. The van der Waals surface area contributed by atoms with E-state index in [4.69, 9.17) is 23.7 Å². The van der Waals surface area contributed by atoms with E-state index in [1.54, 1.807) is 0 Å². The maximum absolute atomic E-state index is 13.6. The summed E-state index contributed by atoms with van der Waals surface area (Å²) < 4.78 is 40.2. The summed E-state index contributed by atoms with van der Waals surface area (Å²) in [6, 6.07) is 0. The lowest BCUT2D eigenvalue weighted by atomic mass is 10.1. The lowest BCUT2D eigenvalue weighted by molar-refractivity contribution is -0.168. The van der Waals surface area contributed by atoms with E-state index >= 15 is 0 Å². The third-order valence-corrected chi connectivity index (χ3v) is 3.13. The molecule has 0 aromatic heterocycles. The summed E-state index contributed by atoms with van der Waals surface area (Å²) in [6.07, 6.45) is -3.56. The van der Waals surface area contributed by atoms with Gasteiger partial charge in [-0.1, -0.05) is 0 Å². The second-order valence-electron chi connectivity index (χ2n) is 4.72. The van der Waals surface area contributed by atoms with Crippen molar-refractivity contribution >= 4 is 0 Å². The fourth-order valence-electron chi connectivity index (χ4n) is 2.33. The standard InChI is InChI=1S/C11H19FO5/c1-11(2)15-5-6(17-11)7-8(13-3)9(14-4)10(12)16-7/h6-10H,5H2,1-4H3/t6?,7-,8?,9?,10+/m1/s1. The van der Waals surface area contributed by atoms with Crippen LogP contribution >= 0.6 is 0 Å². The first-order valence-electron chi connectivity index (χ1n) is 5.65. The van der Waals surface area contributed by atoms with E-state index in [0.29, 0.717) is 6.61 Å². The molecule has 0 saturated carbocycles. The molecule has 0 aliphatic carbocycles. The molecule has 0 spiro atoms. The average Bonchev–Trinajstić information content (AvgIpc) is 2.78. The highest BCUT2D eigenvalue weighted by atomic mass is 19.1. The van der Waals surface area contributed by atoms with Crippen molar-refractivity contribution in [3.05, 3.63) is 0 Å². The van der Waals surface area contributed by atoms with Crippen molar-refractivity contribution in [1.82, 2.24) is 0 Å². The molecule has 0 bridgehead atoms. The zero-order valence-electron chi connectivity index (χ0n) is 10.5. The molecule has 0 amide bonds. The van der Waals surface area contributed by atoms with Gasteiger partial charge in [0.25, 0.3) is 0 Å². The number of hydrogen-bond acceptors (Lipinski definition) is 5. The van der Waals surface area contributed by atoms with Crippen LogP contribution in [-0.4, -0.2) is 57.4 Å². The molecule has 5 nitrogen and oxygen atoms in total. The minimum absolute atomic E-state index is 0.339. The molecule has 0 aromatic rings. The maximum Gasteiger partial charge on any atom is 0.228 e. The molecule has 0 aromatic carbocycles. The van der Waals surface area contributed by atoms with Crippen molar-refractivity contribution in [2.75, 3.05) is 20.8 Å². The van der Waals surface area contributed by atoms with Gasteiger partial charge in [-0.2, -0.15) is 0 Å². The van der Waals surface area contributed by atoms with Crippen LogP contribution in [0.2, 0.25) is 0 Å². The molecule has 0 N–H and O–H groups in total. The molecule has 2 heterocycles. The quantitative estimate of drug-likeness (QED) is 0.743. The van der Waals surface area contributed by atoms with Crippen LogP contribution in [0.15, 0.2) is 0 Å². The van der Waals surface area contributed by atoms with Crippen LogP contribution in [0.4, 0.5) is 4.39 Å². The van der Waals surface area contributed by atoms with E-state index in [2.05, 4.69) is 0 Å². The molecule has 2 aliphatic heterocycles. The van der Waals surface area contributed by atoms with Crippen LogP contribution in [0.1, 0.15) is 13.8 Å². The van der Waals surface area contributed by atoms with E-state index in [-0.39, 0.29) is 6.10 Å². The van der Waals surface area contributed by atoms with Crippen LogP contribution in [0.5, 0.6) is 0 Å². The Morgan fingerprint density at radius 2 is 1.82 bits per heavy atom. The van der Waals surface area contributed by atoms with Crippen molar-refractivity contribution in [1.29, 1.82) is 0 Å². The lowest BCUT2D eigenvalue weighted by Crippen LogP contribution is -2.42. The zero-order chi connectivity index (χ0) is 12.6. The fourth-order valence-corrected chi connectivity index (χ4v) is 2.33. The first-order valence-corrected chi connectivity index (χ1v) is 5.65. The normalized spacial score (nSPS) is 45.4. The van der Waals surface area contributed by atoms with Crippen LogP contribution in [0, 0.1) is 0 Å². The summed E-state index contributed by atoms with van der Waals surface area (Å²) >= 11 is 0. The number of methoxy groups -OCH3 is 2. The summed E-state index contributed by atoms with van der Waals surface area (Å²) in [6.45, 7) is 3.98. The third kappa shape index (κ3) is 2.46. The minimum Gasteiger partial charge on any atom is -0.376 e. The van der Waals surface area contributed by atoms with Crippen molar-refractivity contribution in [2.45, 2.75) is 50.4 Å². The molecule has 2 saturated heterocycles. The van der Waals surface area contributed by atoms with Gasteiger partial charge in [0.2, 0.25) is 6.36 Å². The Balaban J connectivity index is 2.06. The van der Waals surface area contributed by atoms with E-state index < -0.39 is 30.5 Å². The Bertz CT molecular complexity index is 273. The van der Waals surface area contributed by atoms with E-state index in [0.717, 1.165) is 0 Å². The Morgan fingerprint density at radius 3 is 2.29 bits per heavy atom. The fraction of sp³-hybridized carbons (Fsp3) is 1.00. The predicted octanol–water partition coefficient (Wildman–Crippen LogP) is 0.862. The first kappa shape index (κ1) is 13.2. The molecule has 2 fully saturated rings. The maximum atomic E-state index is 13.6. The summed E-state index contributed by atoms with van der Waals surface area (Å²) in [5.74, 6) is -0.663. The molecule has 2 rings (SSSR count). The van der Waals surface area contributed by atoms with Crippen LogP contribution in [0.25, 0.3) is 0 Å². The predicted molar refractivity (Wildman–Crippen MR) is 56.3 cm³/mol. The van der Waals surface area contributed by atoms with E-state index in [1.807, 2.05) is 13.8 Å². The number of ether oxygens (including phenoxy) is 5.